The molecule has 0 amide bonds. The van der Waals surface area contributed by atoms with Crippen molar-refractivity contribution < 1.29 is 4.74 Å². The topological polar surface area (TPSA) is 61.7 Å². The number of nitrogens with zero attached hydrogens (tertiary/aromatic N) is 2. The summed E-state index contributed by atoms with van der Waals surface area (Å²) < 4.78 is 5.24. The third kappa shape index (κ3) is 1.75. The molecule has 0 aliphatic carbocycles. The highest BCUT2D eigenvalue weighted by atomic mass is 16.5. The first-order valence-electron chi connectivity index (χ1n) is 4.84. The summed E-state index contributed by atoms with van der Waals surface area (Å²) in [6.07, 6.45) is 1.76. The van der Waals surface area contributed by atoms with E-state index in [9.17, 15) is 0 Å². The average Bonchev–Trinajstić information content (AvgIpc) is 2.74. The summed E-state index contributed by atoms with van der Waals surface area (Å²) in [5.41, 5.74) is 2.42. The lowest BCUT2D eigenvalue weighted by Crippen LogP contribution is -1.90. The zero-order valence-corrected chi connectivity index (χ0v) is 9.11. The number of nitrogens with one attached hydrogen (secondary N) is 1. The molecule has 0 atom stereocenters. The fourth-order valence-corrected chi connectivity index (χ4v) is 1.51. The normalized spacial score (nSPS) is 9.81. The maximum absolute atomic E-state index is 8.79. The summed E-state index contributed by atoms with van der Waals surface area (Å²) in [7, 11) is 1.58. The zero-order chi connectivity index (χ0) is 11.5. The molecule has 4 heteroatoms. The van der Waals surface area contributed by atoms with Gasteiger partial charge in [-0.1, -0.05) is 0 Å². The molecule has 2 aromatic rings. The summed E-state index contributed by atoms with van der Waals surface area (Å²) in [5, 5.41) is 8.79. The van der Waals surface area contributed by atoms with E-state index in [-0.39, 0.29) is 0 Å². The maximum Gasteiger partial charge on any atom is 0.141 e. The minimum absolute atomic E-state index is 0.573. The van der Waals surface area contributed by atoms with Crippen LogP contribution in [-0.4, -0.2) is 17.1 Å². The van der Waals surface area contributed by atoms with Crippen LogP contribution in [0.4, 0.5) is 0 Å². The van der Waals surface area contributed by atoms with Crippen molar-refractivity contribution in [2.24, 2.45) is 0 Å². The Morgan fingerprint density at radius 2 is 2.25 bits per heavy atom. The van der Waals surface area contributed by atoms with Crippen LogP contribution in [0.15, 0.2) is 24.4 Å². The van der Waals surface area contributed by atoms with Crippen LogP contribution in [0.1, 0.15) is 11.3 Å². The van der Waals surface area contributed by atoms with Crippen molar-refractivity contribution in [2.75, 3.05) is 7.11 Å². The van der Waals surface area contributed by atoms with Crippen molar-refractivity contribution in [3.63, 3.8) is 0 Å². The van der Waals surface area contributed by atoms with Gasteiger partial charge in [-0.05, 0) is 25.1 Å². The number of aromatic amines is 1. The summed E-state index contributed by atoms with van der Waals surface area (Å²) in [4.78, 5) is 7.36. The number of aromatic nitrogens is 2. The number of hydrogen-bond acceptors (Lipinski definition) is 3. The minimum atomic E-state index is 0.573. The van der Waals surface area contributed by atoms with Crippen molar-refractivity contribution in [1.29, 1.82) is 5.26 Å². The molecule has 80 valence electrons. The van der Waals surface area contributed by atoms with Crippen LogP contribution in [0.3, 0.4) is 0 Å². The third-order valence-electron chi connectivity index (χ3n) is 2.29. The number of hydrogen-bond donors (Lipinski definition) is 1. The van der Waals surface area contributed by atoms with Gasteiger partial charge in [-0.2, -0.15) is 5.26 Å². The van der Waals surface area contributed by atoms with Crippen molar-refractivity contribution in [3.8, 4) is 23.2 Å². The summed E-state index contributed by atoms with van der Waals surface area (Å²) in [6.45, 7) is 1.94. The molecule has 1 aromatic carbocycles. The van der Waals surface area contributed by atoms with Gasteiger partial charge in [0.25, 0.3) is 0 Å². The van der Waals surface area contributed by atoms with E-state index < -0.39 is 0 Å². The van der Waals surface area contributed by atoms with E-state index in [1.165, 1.54) is 0 Å². The zero-order valence-electron chi connectivity index (χ0n) is 9.11. The molecular formula is C12H11N3O. The number of methoxy groups -OCH3 is 1. The first-order chi connectivity index (χ1) is 7.74. The molecule has 0 spiro atoms. The van der Waals surface area contributed by atoms with E-state index >= 15 is 0 Å². The van der Waals surface area contributed by atoms with E-state index in [0.29, 0.717) is 11.3 Å². The Labute approximate surface area is 93.5 Å². The molecule has 0 bridgehead atoms. The van der Waals surface area contributed by atoms with Crippen LogP contribution in [0.5, 0.6) is 5.75 Å². The van der Waals surface area contributed by atoms with Gasteiger partial charge in [0.15, 0.2) is 0 Å². The molecule has 0 fully saturated rings. The number of rotatable bonds is 2. The molecule has 0 saturated carbocycles. The van der Waals surface area contributed by atoms with E-state index in [2.05, 4.69) is 16.0 Å². The molecule has 1 heterocycles. The van der Waals surface area contributed by atoms with E-state index in [1.807, 2.05) is 13.0 Å². The fraction of sp³-hybridized carbons (Fsp3) is 0.167. The fourth-order valence-electron chi connectivity index (χ4n) is 1.51. The molecule has 0 saturated heterocycles. The van der Waals surface area contributed by atoms with Crippen LogP contribution < -0.4 is 4.74 Å². The first-order valence-corrected chi connectivity index (χ1v) is 4.84. The second-order valence-electron chi connectivity index (χ2n) is 3.44. The molecule has 2 rings (SSSR count). The number of imidazole rings is 1. The van der Waals surface area contributed by atoms with Gasteiger partial charge in [0.1, 0.15) is 11.6 Å². The smallest absolute Gasteiger partial charge is 0.141 e. The molecule has 0 aliphatic rings. The Bertz CT molecular complexity index is 552. The second-order valence-corrected chi connectivity index (χ2v) is 3.44. The van der Waals surface area contributed by atoms with Crippen molar-refractivity contribution in [2.45, 2.75) is 6.92 Å². The third-order valence-corrected chi connectivity index (χ3v) is 2.29. The van der Waals surface area contributed by atoms with Gasteiger partial charge in [-0.15, -0.1) is 0 Å². The largest absolute Gasteiger partial charge is 0.496 e. The number of nitriles is 1. The molecule has 0 unspecified atom stereocenters. The predicted octanol–water partition coefficient (Wildman–Crippen LogP) is 2.27. The standard InChI is InChI=1S/C12H11N3O/c1-8-7-14-12(15-8)10-4-3-9(6-13)5-11(10)16-2/h3-5,7H,1-2H3,(H,14,15). The van der Waals surface area contributed by atoms with Crippen LogP contribution in [0.2, 0.25) is 0 Å². The van der Waals surface area contributed by atoms with Crippen molar-refractivity contribution >= 4 is 0 Å². The van der Waals surface area contributed by atoms with Crippen molar-refractivity contribution in [1.82, 2.24) is 9.97 Å². The van der Waals surface area contributed by atoms with Gasteiger partial charge in [-0.3, -0.25) is 0 Å². The number of ether oxygens (including phenoxy) is 1. The Hall–Kier alpha value is -2.28. The van der Waals surface area contributed by atoms with Crippen LogP contribution >= 0.6 is 0 Å². The van der Waals surface area contributed by atoms with Gasteiger partial charge >= 0.3 is 0 Å². The SMILES string of the molecule is COc1cc(C#N)ccc1-c1ncc(C)[nH]1. The Morgan fingerprint density at radius 3 is 2.81 bits per heavy atom. The monoisotopic (exact) mass is 213 g/mol. The molecular weight excluding hydrogens is 202 g/mol. The molecule has 0 radical (unpaired) electrons. The maximum atomic E-state index is 8.79. The van der Waals surface area contributed by atoms with Crippen LogP contribution in [0.25, 0.3) is 11.4 Å². The van der Waals surface area contributed by atoms with Gasteiger partial charge in [-0.25, -0.2) is 4.98 Å². The Kier molecular flexibility index (Phi) is 2.61. The number of aryl methyl sites for hydroxylation is 1. The molecule has 1 N–H and O–H groups in total. The van der Waals surface area contributed by atoms with Gasteiger partial charge < -0.3 is 9.72 Å². The lowest BCUT2D eigenvalue weighted by molar-refractivity contribution is 0.416. The number of benzene rings is 1. The van der Waals surface area contributed by atoms with Gasteiger partial charge in [0.05, 0.1) is 24.3 Å². The predicted molar refractivity (Wildman–Crippen MR) is 60.0 cm³/mol. The lowest BCUT2D eigenvalue weighted by Gasteiger charge is -2.06. The number of H-pyrrole nitrogens is 1. The Balaban J connectivity index is 2.53. The molecule has 0 aliphatic heterocycles. The van der Waals surface area contributed by atoms with Crippen LogP contribution in [0, 0.1) is 18.3 Å². The molecule has 4 nitrogen and oxygen atoms in total. The lowest BCUT2D eigenvalue weighted by atomic mass is 10.1. The average molecular weight is 213 g/mol. The molecule has 1 aromatic heterocycles. The summed E-state index contributed by atoms with van der Waals surface area (Å²) in [5.74, 6) is 1.40. The van der Waals surface area contributed by atoms with Gasteiger partial charge in [0.2, 0.25) is 0 Å². The first kappa shape index (κ1) is 10.2. The summed E-state index contributed by atoms with van der Waals surface area (Å²) >= 11 is 0. The second kappa shape index (κ2) is 4.07. The van der Waals surface area contributed by atoms with Crippen molar-refractivity contribution in [3.05, 3.63) is 35.7 Å². The van der Waals surface area contributed by atoms with Crippen LogP contribution in [-0.2, 0) is 0 Å². The quantitative estimate of drug-likeness (QED) is 0.832. The minimum Gasteiger partial charge on any atom is -0.496 e. The Morgan fingerprint density at radius 1 is 1.44 bits per heavy atom. The highest BCUT2D eigenvalue weighted by Crippen LogP contribution is 2.28. The van der Waals surface area contributed by atoms with E-state index in [4.69, 9.17) is 10.00 Å². The highest BCUT2D eigenvalue weighted by Gasteiger charge is 2.09. The summed E-state index contributed by atoms with van der Waals surface area (Å²) in [6, 6.07) is 7.35. The van der Waals surface area contributed by atoms with E-state index in [0.717, 1.165) is 17.1 Å². The highest BCUT2D eigenvalue weighted by molar-refractivity contribution is 5.66. The van der Waals surface area contributed by atoms with Gasteiger partial charge in [0, 0.05) is 11.9 Å². The molecule has 16 heavy (non-hydrogen) atoms. The van der Waals surface area contributed by atoms with E-state index in [1.54, 1.807) is 25.4 Å².